The first-order valence-electron chi connectivity index (χ1n) is 9.87. The van der Waals surface area contributed by atoms with Crippen molar-refractivity contribution in [1.82, 2.24) is 0 Å². The van der Waals surface area contributed by atoms with Gasteiger partial charge in [0.1, 0.15) is 12.2 Å². The number of hydrogen-bond donors (Lipinski definition) is 8. The molecular formula is C21H22O14. The SMILES string of the molecule is COC1OC(CO)C(O)C(OC(=O)c2cc(O)c(O)c(O)c2)C1OC(=O)c1cc(O)c(O)c(O)c1. The summed E-state index contributed by atoms with van der Waals surface area (Å²) in [5.41, 5.74) is -0.894. The fraction of sp³-hybridized carbons (Fsp3) is 0.333. The first kappa shape index (κ1) is 25.6. The van der Waals surface area contributed by atoms with E-state index in [2.05, 4.69) is 0 Å². The molecule has 0 aliphatic carbocycles. The molecule has 0 aromatic heterocycles. The Morgan fingerprint density at radius 3 is 1.57 bits per heavy atom. The predicted octanol–water partition coefficient (Wildman–Crippen LogP) is -0.604. The minimum Gasteiger partial charge on any atom is -0.504 e. The molecule has 5 unspecified atom stereocenters. The molecule has 1 heterocycles. The normalized spacial score (nSPS) is 24.0. The van der Waals surface area contributed by atoms with Gasteiger partial charge in [-0.2, -0.15) is 0 Å². The molecule has 1 saturated heterocycles. The van der Waals surface area contributed by atoms with Crippen LogP contribution >= 0.6 is 0 Å². The first-order valence-corrected chi connectivity index (χ1v) is 9.87. The number of aliphatic hydroxyl groups excluding tert-OH is 2. The van der Waals surface area contributed by atoms with Crippen molar-refractivity contribution >= 4 is 11.9 Å². The number of rotatable bonds is 6. The fourth-order valence-electron chi connectivity index (χ4n) is 3.32. The molecule has 3 rings (SSSR count). The van der Waals surface area contributed by atoms with Crippen molar-refractivity contribution in [1.29, 1.82) is 0 Å². The van der Waals surface area contributed by atoms with Crippen molar-refractivity contribution in [3.63, 3.8) is 0 Å². The second-order valence-corrected chi connectivity index (χ2v) is 7.42. The summed E-state index contributed by atoms with van der Waals surface area (Å²) in [7, 11) is 1.13. The van der Waals surface area contributed by atoms with Crippen molar-refractivity contribution < 1.29 is 69.4 Å². The second kappa shape index (κ2) is 10.1. The van der Waals surface area contributed by atoms with Crippen LogP contribution < -0.4 is 0 Å². The van der Waals surface area contributed by atoms with E-state index in [9.17, 15) is 50.4 Å². The number of ether oxygens (including phenoxy) is 4. The van der Waals surface area contributed by atoms with Crippen molar-refractivity contribution in [3.8, 4) is 34.5 Å². The number of hydrogen-bond acceptors (Lipinski definition) is 14. The van der Waals surface area contributed by atoms with Gasteiger partial charge in [0.2, 0.25) is 0 Å². The number of benzene rings is 2. The summed E-state index contributed by atoms with van der Waals surface area (Å²) in [6, 6.07) is 3.09. The van der Waals surface area contributed by atoms with Gasteiger partial charge in [-0.1, -0.05) is 0 Å². The Bertz CT molecular complexity index is 1070. The van der Waals surface area contributed by atoms with Gasteiger partial charge in [-0.3, -0.25) is 0 Å². The van der Waals surface area contributed by atoms with Gasteiger partial charge in [-0.25, -0.2) is 9.59 Å². The summed E-state index contributed by atoms with van der Waals surface area (Å²) in [6.45, 7) is -0.754. The summed E-state index contributed by atoms with van der Waals surface area (Å²) in [5.74, 6) is -7.60. The maximum Gasteiger partial charge on any atom is 0.339 e. The molecule has 0 amide bonds. The van der Waals surface area contributed by atoms with Crippen LogP contribution in [0.15, 0.2) is 24.3 Å². The predicted molar refractivity (Wildman–Crippen MR) is 110 cm³/mol. The van der Waals surface area contributed by atoms with Gasteiger partial charge >= 0.3 is 11.9 Å². The van der Waals surface area contributed by atoms with Crippen molar-refractivity contribution in [2.45, 2.75) is 30.7 Å². The summed E-state index contributed by atoms with van der Waals surface area (Å²) in [5, 5.41) is 77.6. The Hall–Kier alpha value is -3.98. The smallest absolute Gasteiger partial charge is 0.339 e. The highest BCUT2D eigenvalue weighted by Gasteiger charge is 2.50. The summed E-state index contributed by atoms with van der Waals surface area (Å²) < 4.78 is 20.9. The molecular weight excluding hydrogens is 476 g/mol. The van der Waals surface area contributed by atoms with Crippen LogP contribution in [0.4, 0.5) is 0 Å². The highest BCUT2D eigenvalue weighted by Crippen LogP contribution is 2.37. The number of aliphatic hydroxyl groups is 2. The average Bonchev–Trinajstić information content (AvgIpc) is 2.82. The van der Waals surface area contributed by atoms with E-state index >= 15 is 0 Å². The van der Waals surface area contributed by atoms with Crippen LogP contribution in [0.2, 0.25) is 0 Å². The van der Waals surface area contributed by atoms with Crippen LogP contribution in [0.25, 0.3) is 0 Å². The summed E-state index contributed by atoms with van der Waals surface area (Å²) in [6.07, 6.45) is -8.02. The third kappa shape index (κ3) is 5.09. The molecule has 14 heteroatoms. The highest BCUT2D eigenvalue weighted by atomic mass is 16.7. The zero-order valence-electron chi connectivity index (χ0n) is 17.9. The van der Waals surface area contributed by atoms with Gasteiger partial charge < -0.3 is 59.8 Å². The van der Waals surface area contributed by atoms with Crippen molar-refractivity contribution in [2.24, 2.45) is 0 Å². The third-order valence-electron chi connectivity index (χ3n) is 5.13. The van der Waals surface area contributed by atoms with Gasteiger partial charge in [0.15, 0.2) is 53.0 Å². The van der Waals surface area contributed by atoms with E-state index in [1.807, 2.05) is 0 Å². The Morgan fingerprint density at radius 2 is 1.20 bits per heavy atom. The zero-order valence-corrected chi connectivity index (χ0v) is 17.9. The molecule has 14 nitrogen and oxygen atoms in total. The van der Waals surface area contributed by atoms with E-state index in [1.165, 1.54) is 0 Å². The van der Waals surface area contributed by atoms with Gasteiger partial charge in [0, 0.05) is 7.11 Å². The van der Waals surface area contributed by atoms with Gasteiger partial charge in [-0.05, 0) is 24.3 Å². The molecule has 0 spiro atoms. The van der Waals surface area contributed by atoms with Crippen molar-refractivity contribution in [3.05, 3.63) is 35.4 Å². The molecule has 2 aromatic rings. The molecule has 35 heavy (non-hydrogen) atoms. The Kier molecular flexibility index (Phi) is 7.40. The second-order valence-electron chi connectivity index (χ2n) is 7.42. The van der Waals surface area contributed by atoms with E-state index < -0.39 is 94.9 Å². The van der Waals surface area contributed by atoms with Gasteiger partial charge in [0.25, 0.3) is 0 Å². The van der Waals surface area contributed by atoms with Crippen LogP contribution in [-0.2, 0) is 18.9 Å². The third-order valence-corrected chi connectivity index (χ3v) is 5.13. The van der Waals surface area contributed by atoms with Crippen LogP contribution in [0.1, 0.15) is 20.7 Å². The minimum atomic E-state index is -1.77. The Balaban J connectivity index is 1.93. The maximum absolute atomic E-state index is 12.7. The maximum atomic E-state index is 12.7. The number of phenolic OH excluding ortho intramolecular Hbond substituents is 6. The van der Waals surface area contributed by atoms with Gasteiger partial charge in [0.05, 0.1) is 17.7 Å². The lowest BCUT2D eigenvalue weighted by molar-refractivity contribution is -0.292. The molecule has 1 fully saturated rings. The Labute approximate surface area is 196 Å². The minimum absolute atomic E-state index is 0.440. The van der Waals surface area contributed by atoms with E-state index in [4.69, 9.17) is 18.9 Å². The molecule has 0 bridgehead atoms. The van der Waals surface area contributed by atoms with E-state index in [-0.39, 0.29) is 0 Å². The average molecular weight is 498 g/mol. The lowest BCUT2D eigenvalue weighted by atomic mass is 9.98. The number of phenols is 6. The largest absolute Gasteiger partial charge is 0.504 e. The summed E-state index contributed by atoms with van der Waals surface area (Å²) in [4.78, 5) is 25.4. The molecule has 2 aromatic carbocycles. The Morgan fingerprint density at radius 1 is 0.800 bits per heavy atom. The summed E-state index contributed by atoms with van der Waals surface area (Å²) >= 11 is 0. The fourth-order valence-corrected chi connectivity index (χ4v) is 3.32. The van der Waals surface area contributed by atoms with Crippen LogP contribution in [0, 0.1) is 0 Å². The molecule has 1 aliphatic rings. The van der Waals surface area contributed by atoms with Crippen LogP contribution in [0.5, 0.6) is 34.5 Å². The number of carbonyl (C=O) groups is 2. The standard InChI is InChI=1S/C21H22O14/c1-32-21-18(35-20(31)8-4-11(25)15(28)12(26)5-8)17(16(29)13(6-22)33-21)34-19(30)7-2-9(23)14(27)10(24)3-7/h2-5,13,16-18,21-29H,6H2,1H3. The number of methoxy groups -OCH3 is 1. The molecule has 190 valence electrons. The lowest BCUT2D eigenvalue weighted by Gasteiger charge is -2.42. The molecule has 0 radical (unpaired) electrons. The van der Waals surface area contributed by atoms with Crippen LogP contribution in [0.3, 0.4) is 0 Å². The number of carbonyl (C=O) groups excluding carboxylic acids is 2. The highest BCUT2D eigenvalue weighted by molar-refractivity contribution is 5.92. The first-order chi connectivity index (χ1) is 16.5. The molecule has 0 saturated carbocycles. The van der Waals surface area contributed by atoms with E-state index in [0.29, 0.717) is 0 Å². The number of esters is 2. The monoisotopic (exact) mass is 498 g/mol. The van der Waals surface area contributed by atoms with Crippen LogP contribution in [-0.4, -0.2) is 97.2 Å². The van der Waals surface area contributed by atoms with Gasteiger partial charge in [-0.15, -0.1) is 0 Å². The number of aromatic hydroxyl groups is 6. The lowest BCUT2D eigenvalue weighted by Crippen LogP contribution is -2.61. The topological polar surface area (TPSA) is 233 Å². The zero-order chi connectivity index (χ0) is 26.0. The van der Waals surface area contributed by atoms with E-state index in [0.717, 1.165) is 31.4 Å². The van der Waals surface area contributed by atoms with E-state index in [1.54, 1.807) is 0 Å². The molecule has 5 atom stereocenters. The van der Waals surface area contributed by atoms with Crippen molar-refractivity contribution in [2.75, 3.05) is 13.7 Å². The molecule has 1 aliphatic heterocycles. The quantitative estimate of drug-likeness (QED) is 0.183. The molecule has 8 N–H and O–H groups in total.